The van der Waals surface area contributed by atoms with Crippen LogP contribution in [0.3, 0.4) is 0 Å². The van der Waals surface area contributed by atoms with Crippen LogP contribution < -0.4 is 5.19 Å². The van der Waals surface area contributed by atoms with Crippen LogP contribution in [0.15, 0.2) is 30.8 Å². The van der Waals surface area contributed by atoms with Gasteiger partial charge in [0.05, 0.1) is 0 Å². The average molecular weight is 318 g/mol. The summed E-state index contributed by atoms with van der Waals surface area (Å²) < 4.78 is 5.48. The van der Waals surface area contributed by atoms with Gasteiger partial charge in [0, 0.05) is 39.5 Å². The predicted molar refractivity (Wildman–Crippen MR) is 97.2 cm³/mol. The van der Waals surface area contributed by atoms with Crippen molar-refractivity contribution in [2.75, 3.05) is 53.1 Å². The van der Waals surface area contributed by atoms with Gasteiger partial charge in [0.1, 0.15) is 8.80 Å². The Hall–Kier alpha value is -0.943. The van der Waals surface area contributed by atoms with E-state index in [0.717, 1.165) is 6.23 Å². The molecule has 1 aromatic rings. The highest BCUT2D eigenvalue weighted by Gasteiger charge is 2.17. The van der Waals surface area contributed by atoms with Crippen molar-refractivity contribution < 1.29 is 4.74 Å². The molecule has 2 rings (SSSR count). The lowest BCUT2D eigenvalue weighted by Crippen LogP contribution is -2.45. The summed E-state index contributed by atoms with van der Waals surface area (Å²) in [5.74, 6) is 0. The van der Waals surface area contributed by atoms with Gasteiger partial charge in [-0.15, -0.1) is 0 Å². The summed E-state index contributed by atoms with van der Waals surface area (Å²) in [7, 11) is 3.43. The molecule has 3 nitrogen and oxygen atoms in total. The summed E-state index contributed by atoms with van der Waals surface area (Å²) in [4.78, 5) is 5.02. The first-order chi connectivity index (χ1) is 10.7. The molecule has 0 aromatic heterocycles. The van der Waals surface area contributed by atoms with Gasteiger partial charge in [-0.05, 0) is 25.6 Å². The molecular formula is C18H29N2OSi. The quantitative estimate of drug-likeness (QED) is 0.681. The predicted octanol–water partition coefficient (Wildman–Crippen LogP) is 1.85. The van der Waals surface area contributed by atoms with Crippen LogP contribution in [-0.2, 0) is 4.74 Å². The van der Waals surface area contributed by atoms with Gasteiger partial charge in [-0.25, -0.2) is 0 Å². The van der Waals surface area contributed by atoms with E-state index in [9.17, 15) is 0 Å². The van der Waals surface area contributed by atoms with E-state index < -0.39 is 8.80 Å². The Kier molecular flexibility index (Phi) is 7.32. The number of hydrogen-bond acceptors (Lipinski definition) is 3. The fourth-order valence-electron chi connectivity index (χ4n) is 2.92. The molecule has 0 spiro atoms. The number of benzene rings is 1. The Morgan fingerprint density at radius 2 is 1.86 bits per heavy atom. The molecule has 121 valence electrons. The largest absolute Gasteiger partial charge is 0.388 e. The fraction of sp³-hybridized carbons (Fsp3) is 0.556. The van der Waals surface area contributed by atoms with Crippen LogP contribution in [-0.4, -0.2) is 71.7 Å². The first kappa shape index (κ1) is 17.4. The number of methoxy groups -OCH3 is 1. The van der Waals surface area contributed by atoms with Crippen molar-refractivity contribution in [1.82, 2.24) is 9.80 Å². The Morgan fingerprint density at radius 3 is 2.45 bits per heavy atom. The third-order valence-corrected chi connectivity index (χ3v) is 7.17. The zero-order chi connectivity index (χ0) is 15.8. The van der Waals surface area contributed by atoms with E-state index in [1.54, 1.807) is 0 Å². The molecule has 1 heterocycles. The first-order valence-electron chi connectivity index (χ1n) is 8.20. The summed E-state index contributed by atoms with van der Waals surface area (Å²) in [6.45, 7) is 9.91. The van der Waals surface area contributed by atoms with E-state index in [1.165, 1.54) is 55.9 Å². The van der Waals surface area contributed by atoms with Crippen LogP contribution in [0.5, 0.6) is 0 Å². The molecule has 22 heavy (non-hydrogen) atoms. The standard InChI is InChI=1S/C18H29N2OSi/c1-4-17-6-8-18(9-7-17)22(16-21-3)15-5-10-20-13-11-19(2)12-14-20/h4,6-9H,1,5,10-16H2,2-3H3. The van der Waals surface area contributed by atoms with Gasteiger partial charge in [0.2, 0.25) is 0 Å². The second kappa shape index (κ2) is 9.25. The Balaban J connectivity index is 1.81. The molecule has 1 aliphatic heterocycles. The minimum Gasteiger partial charge on any atom is -0.388 e. The summed E-state index contributed by atoms with van der Waals surface area (Å²) in [6, 6.07) is 10.2. The van der Waals surface area contributed by atoms with Crippen molar-refractivity contribution in [3.63, 3.8) is 0 Å². The van der Waals surface area contributed by atoms with Gasteiger partial charge < -0.3 is 14.5 Å². The number of piperazine rings is 1. The van der Waals surface area contributed by atoms with Crippen molar-refractivity contribution in [1.29, 1.82) is 0 Å². The molecule has 0 atom stereocenters. The Morgan fingerprint density at radius 1 is 1.18 bits per heavy atom. The lowest BCUT2D eigenvalue weighted by Gasteiger charge is -2.32. The maximum absolute atomic E-state index is 5.48. The zero-order valence-corrected chi connectivity index (χ0v) is 15.1. The number of hydrogen-bond donors (Lipinski definition) is 0. The van der Waals surface area contributed by atoms with E-state index in [2.05, 4.69) is 47.7 Å². The third kappa shape index (κ3) is 5.36. The van der Waals surface area contributed by atoms with Gasteiger partial charge in [0.25, 0.3) is 0 Å². The number of rotatable bonds is 8. The Labute approximate surface area is 137 Å². The molecule has 1 fully saturated rings. The third-order valence-electron chi connectivity index (χ3n) is 4.42. The van der Waals surface area contributed by atoms with E-state index in [1.807, 2.05) is 13.2 Å². The van der Waals surface area contributed by atoms with Gasteiger partial charge in [-0.3, -0.25) is 0 Å². The highest BCUT2D eigenvalue weighted by molar-refractivity contribution is 6.73. The lowest BCUT2D eigenvalue weighted by molar-refractivity contribution is 0.154. The number of nitrogens with zero attached hydrogens (tertiary/aromatic N) is 2. The minimum absolute atomic E-state index is 0.602. The number of likely N-dealkylation sites (N-methyl/N-ethyl adjacent to an activating group) is 1. The van der Waals surface area contributed by atoms with Crippen molar-refractivity contribution >= 4 is 20.1 Å². The molecule has 0 aliphatic carbocycles. The molecule has 4 heteroatoms. The second-order valence-corrected chi connectivity index (χ2v) is 8.68. The SMILES string of the molecule is C=Cc1ccc([Si](CCCN2CCN(C)CC2)COC)cc1. The monoisotopic (exact) mass is 317 g/mol. The van der Waals surface area contributed by atoms with Gasteiger partial charge in [-0.2, -0.15) is 0 Å². The van der Waals surface area contributed by atoms with Crippen LogP contribution in [0.4, 0.5) is 0 Å². The van der Waals surface area contributed by atoms with E-state index >= 15 is 0 Å². The maximum Gasteiger partial charge on any atom is 0.116 e. The molecular weight excluding hydrogens is 288 g/mol. The zero-order valence-electron chi connectivity index (χ0n) is 14.1. The van der Waals surface area contributed by atoms with Gasteiger partial charge >= 0.3 is 0 Å². The second-order valence-electron chi connectivity index (χ2n) is 6.11. The molecule has 0 N–H and O–H groups in total. The summed E-state index contributed by atoms with van der Waals surface area (Å²) in [5, 5.41) is 1.48. The van der Waals surface area contributed by atoms with Crippen molar-refractivity contribution in [3.05, 3.63) is 36.4 Å². The summed E-state index contributed by atoms with van der Waals surface area (Å²) >= 11 is 0. The normalized spacial score (nSPS) is 17.0. The van der Waals surface area contributed by atoms with E-state index in [-0.39, 0.29) is 0 Å². The maximum atomic E-state index is 5.48. The molecule has 1 aliphatic rings. The van der Waals surface area contributed by atoms with Crippen LogP contribution in [0, 0.1) is 0 Å². The fourth-order valence-corrected chi connectivity index (χ4v) is 5.09. The van der Waals surface area contributed by atoms with E-state index in [0.29, 0.717) is 0 Å². The van der Waals surface area contributed by atoms with Crippen molar-refractivity contribution in [2.45, 2.75) is 12.5 Å². The molecule has 1 aromatic carbocycles. The van der Waals surface area contributed by atoms with Gasteiger partial charge in [-0.1, -0.05) is 48.2 Å². The van der Waals surface area contributed by atoms with E-state index in [4.69, 9.17) is 4.74 Å². The Bertz CT molecular complexity index is 441. The first-order valence-corrected chi connectivity index (χ1v) is 10.1. The molecule has 1 saturated heterocycles. The van der Waals surface area contributed by atoms with Crippen LogP contribution in [0.2, 0.25) is 6.04 Å². The van der Waals surface area contributed by atoms with Crippen LogP contribution in [0.1, 0.15) is 12.0 Å². The van der Waals surface area contributed by atoms with Crippen molar-refractivity contribution in [3.8, 4) is 0 Å². The molecule has 0 unspecified atom stereocenters. The van der Waals surface area contributed by atoms with Crippen LogP contribution >= 0.6 is 0 Å². The molecule has 0 bridgehead atoms. The topological polar surface area (TPSA) is 15.7 Å². The van der Waals surface area contributed by atoms with Gasteiger partial charge in [0.15, 0.2) is 0 Å². The molecule has 1 radical (unpaired) electrons. The smallest absolute Gasteiger partial charge is 0.116 e. The highest BCUT2D eigenvalue weighted by Crippen LogP contribution is 2.06. The summed E-state index contributed by atoms with van der Waals surface area (Å²) in [5.41, 5.74) is 1.19. The van der Waals surface area contributed by atoms with Crippen molar-refractivity contribution in [2.24, 2.45) is 0 Å². The summed E-state index contributed by atoms with van der Waals surface area (Å²) in [6.07, 6.45) is 4.09. The molecule has 0 amide bonds. The highest BCUT2D eigenvalue weighted by atomic mass is 28.3. The number of ether oxygens (including phenoxy) is 1. The average Bonchev–Trinajstić information content (AvgIpc) is 2.56. The minimum atomic E-state index is -0.602. The molecule has 0 saturated carbocycles. The lowest BCUT2D eigenvalue weighted by atomic mass is 10.2. The van der Waals surface area contributed by atoms with Crippen LogP contribution in [0.25, 0.3) is 6.08 Å².